The molecule has 10 nitrogen and oxygen atoms in total. The fraction of sp³-hybridized carbons (Fsp3) is 0.143. The molecule has 0 unspecified atom stereocenters. The second kappa shape index (κ2) is 6.88. The molecule has 12 heteroatoms. The quantitative estimate of drug-likeness (QED) is 0.575. The number of benzene rings is 1. The van der Waals surface area contributed by atoms with Crippen LogP contribution < -0.4 is 4.72 Å². The van der Waals surface area contributed by atoms with Crippen LogP contribution >= 0.6 is 15.9 Å². The summed E-state index contributed by atoms with van der Waals surface area (Å²) in [6.07, 6.45) is 1.55. The smallest absolute Gasteiger partial charge is 0.339 e. The number of halogens is 1. The number of esters is 1. The molecule has 136 valence electrons. The van der Waals surface area contributed by atoms with Gasteiger partial charge in [-0.2, -0.15) is 15.4 Å². The van der Waals surface area contributed by atoms with Crippen molar-refractivity contribution in [1.29, 1.82) is 0 Å². The number of nitrogens with one attached hydrogen (secondary N) is 2. The van der Waals surface area contributed by atoms with Gasteiger partial charge in [0.25, 0.3) is 10.0 Å². The number of H-pyrrole nitrogens is 1. The van der Waals surface area contributed by atoms with Gasteiger partial charge in [0.2, 0.25) is 0 Å². The summed E-state index contributed by atoms with van der Waals surface area (Å²) in [4.78, 5) is 11.7. The average Bonchev–Trinajstić information content (AvgIpc) is 3.21. The van der Waals surface area contributed by atoms with Crippen LogP contribution in [0.2, 0.25) is 0 Å². The van der Waals surface area contributed by atoms with Crippen LogP contribution in [0.4, 0.5) is 5.82 Å². The van der Waals surface area contributed by atoms with Crippen LogP contribution in [0.1, 0.15) is 10.4 Å². The van der Waals surface area contributed by atoms with Crippen molar-refractivity contribution in [3.05, 3.63) is 40.5 Å². The largest absolute Gasteiger partial charge is 0.465 e. The highest BCUT2D eigenvalue weighted by Crippen LogP contribution is 2.27. The Balaban J connectivity index is 2.04. The predicted molar refractivity (Wildman–Crippen MR) is 94.9 cm³/mol. The van der Waals surface area contributed by atoms with Crippen LogP contribution in [0.3, 0.4) is 0 Å². The number of hydrogen-bond donors (Lipinski definition) is 2. The fourth-order valence-corrected chi connectivity index (χ4v) is 3.82. The number of aromatic nitrogens is 5. The number of aryl methyl sites for hydroxylation is 1. The van der Waals surface area contributed by atoms with Gasteiger partial charge in [0, 0.05) is 17.7 Å². The number of ether oxygens (including phenoxy) is 1. The number of nitrogens with zero attached hydrogens (tertiary/aromatic N) is 4. The number of sulfonamides is 1. The SMILES string of the molecule is COC(=O)c1cc(Br)ccc1S(=O)(=O)Nc1n[nH]nc1-c1ccnn1C. The summed E-state index contributed by atoms with van der Waals surface area (Å²) in [5, 5.41) is 14.2. The third-order valence-corrected chi connectivity index (χ3v) is 5.37. The Kier molecular flexibility index (Phi) is 4.78. The molecule has 2 heterocycles. The first kappa shape index (κ1) is 18.1. The average molecular weight is 441 g/mol. The van der Waals surface area contributed by atoms with E-state index in [1.807, 2.05) is 0 Å². The summed E-state index contributed by atoms with van der Waals surface area (Å²) in [6.45, 7) is 0. The van der Waals surface area contributed by atoms with E-state index in [1.165, 1.54) is 30.0 Å². The standard InChI is InChI=1S/C14H13BrN6O4S/c1-21-10(5-6-16-21)12-13(18-20-17-12)19-26(23,24)11-4-3-8(15)7-9(11)14(22)25-2/h3-7H,1-2H3,(H2,17,18,19,20). The normalized spacial score (nSPS) is 11.3. The van der Waals surface area contributed by atoms with Crippen molar-refractivity contribution in [2.75, 3.05) is 11.8 Å². The lowest BCUT2D eigenvalue weighted by atomic mass is 10.2. The molecule has 3 aromatic rings. The van der Waals surface area contributed by atoms with Gasteiger partial charge in [0.05, 0.1) is 18.4 Å². The first-order valence-corrected chi connectivity index (χ1v) is 9.41. The zero-order valence-corrected chi connectivity index (χ0v) is 16.0. The molecule has 0 bridgehead atoms. The third-order valence-electron chi connectivity index (χ3n) is 3.48. The van der Waals surface area contributed by atoms with E-state index in [1.54, 1.807) is 19.3 Å². The van der Waals surface area contributed by atoms with E-state index in [2.05, 4.69) is 45.9 Å². The summed E-state index contributed by atoms with van der Waals surface area (Å²) in [5.41, 5.74) is 0.714. The van der Waals surface area contributed by atoms with Crippen molar-refractivity contribution in [2.45, 2.75) is 4.90 Å². The van der Waals surface area contributed by atoms with E-state index in [-0.39, 0.29) is 22.0 Å². The topological polar surface area (TPSA) is 132 Å². The Bertz CT molecular complexity index is 1070. The second-order valence-electron chi connectivity index (χ2n) is 5.10. The minimum absolute atomic E-state index is 0.0210. The number of aromatic amines is 1. The van der Waals surface area contributed by atoms with E-state index in [0.717, 1.165) is 0 Å². The zero-order valence-electron chi connectivity index (χ0n) is 13.6. The molecule has 0 fully saturated rings. The van der Waals surface area contributed by atoms with Crippen molar-refractivity contribution in [3.8, 4) is 11.4 Å². The van der Waals surface area contributed by atoms with Gasteiger partial charge in [-0.05, 0) is 24.3 Å². The van der Waals surface area contributed by atoms with Crippen LogP contribution in [0.5, 0.6) is 0 Å². The minimum atomic E-state index is -4.14. The van der Waals surface area contributed by atoms with Crippen molar-refractivity contribution in [3.63, 3.8) is 0 Å². The Morgan fingerprint density at radius 1 is 1.31 bits per heavy atom. The van der Waals surface area contributed by atoms with E-state index >= 15 is 0 Å². The Morgan fingerprint density at radius 3 is 2.73 bits per heavy atom. The maximum absolute atomic E-state index is 12.8. The van der Waals surface area contributed by atoms with Crippen LogP contribution in [-0.2, 0) is 21.8 Å². The predicted octanol–water partition coefficient (Wildman–Crippen LogP) is 1.56. The number of carbonyl (C=O) groups is 1. The number of anilines is 1. The van der Waals surface area contributed by atoms with Crippen LogP contribution in [-0.4, -0.2) is 46.7 Å². The molecule has 0 aliphatic carbocycles. The van der Waals surface area contributed by atoms with Crippen LogP contribution in [0, 0.1) is 0 Å². The summed E-state index contributed by atoms with van der Waals surface area (Å²) in [5.74, 6) is -0.800. The number of methoxy groups -OCH3 is 1. The highest BCUT2D eigenvalue weighted by Gasteiger charge is 2.26. The highest BCUT2D eigenvalue weighted by atomic mass is 79.9. The maximum atomic E-state index is 12.8. The molecule has 3 rings (SSSR count). The van der Waals surface area contributed by atoms with Crippen molar-refractivity contribution >= 4 is 37.7 Å². The number of hydrogen-bond acceptors (Lipinski definition) is 7. The Hall–Kier alpha value is -2.73. The number of carbonyl (C=O) groups excluding carboxylic acids is 1. The molecule has 26 heavy (non-hydrogen) atoms. The molecule has 0 spiro atoms. The summed E-state index contributed by atoms with van der Waals surface area (Å²) in [6, 6.07) is 5.83. The molecule has 0 aliphatic heterocycles. The summed E-state index contributed by atoms with van der Waals surface area (Å²) < 4.78 is 34.7. The summed E-state index contributed by atoms with van der Waals surface area (Å²) >= 11 is 3.21. The fourth-order valence-electron chi connectivity index (χ4n) is 2.28. The lowest BCUT2D eigenvalue weighted by Gasteiger charge is -2.11. The second-order valence-corrected chi connectivity index (χ2v) is 7.66. The van der Waals surface area contributed by atoms with Gasteiger partial charge in [-0.3, -0.25) is 9.40 Å². The molecule has 2 aromatic heterocycles. The Labute approximate surface area is 156 Å². The van der Waals surface area contributed by atoms with Gasteiger partial charge in [0.1, 0.15) is 4.90 Å². The lowest BCUT2D eigenvalue weighted by molar-refractivity contribution is 0.0596. The van der Waals surface area contributed by atoms with E-state index in [4.69, 9.17) is 0 Å². The molecule has 0 saturated carbocycles. The van der Waals surface area contributed by atoms with Gasteiger partial charge in [-0.1, -0.05) is 15.9 Å². The van der Waals surface area contributed by atoms with Gasteiger partial charge < -0.3 is 4.74 Å². The van der Waals surface area contributed by atoms with Gasteiger partial charge in [-0.15, -0.1) is 5.10 Å². The van der Waals surface area contributed by atoms with Gasteiger partial charge in [0.15, 0.2) is 11.5 Å². The van der Waals surface area contributed by atoms with Gasteiger partial charge >= 0.3 is 5.97 Å². The van der Waals surface area contributed by atoms with E-state index < -0.39 is 16.0 Å². The molecule has 0 aliphatic rings. The molecule has 0 amide bonds. The molecule has 2 N–H and O–H groups in total. The van der Waals surface area contributed by atoms with Gasteiger partial charge in [-0.25, -0.2) is 13.2 Å². The summed E-state index contributed by atoms with van der Waals surface area (Å²) in [7, 11) is -1.28. The molecule has 0 radical (unpaired) electrons. The molecular formula is C14H13BrN6O4S. The maximum Gasteiger partial charge on any atom is 0.339 e. The molecular weight excluding hydrogens is 428 g/mol. The highest BCUT2D eigenvalue weighted by molar-refractivity contribution is 9.10. The van der Waals surface area contributed by atoms with Crippen LogP contribution in [0.15, 0.2) is 39.8 Å². The zero-order chi connectivity index (χ0) is 18.9. The molecule has 1 aromatic carbocycles. The molecule has 0 atom stereocenters. The van der Waals surface area contributed by atoms with E-state index in [0.29, 0.717) is 10.2 Å². The van der Waals surface area contributed by atoms with Crippen molar-refractivity contribution in [2.24, 2.45) is 7.05 Å². The van der Waals surface area contributed by atoms with Crippen molar-refractivity contribution < 1.29 is 17.9 Å². The lowest BCUT2D eigenvalue weighted by Crippen LogP contribution is -2.18. The van der Waals surface area contributed by atoms with E-state index in [9.17, 15) is 13.2 Å². The van der Waals surface area contributed by atoms with Crippen LogP contribution in [0.25, 0.3) is 11.4 Å². The molecule has 0 saturated heterocycles. The first-order valence-electron chi connectivity index (χ1n) is 7.13. The minimum Gasteiger partial charge on any atom is -0.465 e. The number of rotatable bonds is 5. The first-order chi connectivity index (χ1) is 12.3. The van der Waals surface area contributed by atoms with Crippen molar-refractivity contribution in [1.82, 2.24) is 25.2 Å². The Morgan fingerprint density at radius 2 is 2.08 bits per heavy atom. The monoisotopic (exact) mass is 440 g/mol. The third kappa shape index (κ3) is 3.32.